The van der Waals surface area contributed by atoms with Gasteiger partial charge in [0.2, 0.25) is 10.0 Å². The second kappa shape index (κ2) is 6.32. The highest BCUT2D eigenvalue weighted by molar-refractivity contribution is 7.92. The minimum atomic E-state index is -3.29. The summed E-state index contributed by atoms with van der Waals surface area (Å²) in [5, 5.41) is 0.962. The van der Waals surface area contributed by atoms with Gasteiger partial charge in [0.05, 0.1) is 0 Å². The predicted octanol–water partition coefficient (Wildman–Crippen LogP) is 1.57. The van der Waals surface area contributed by atoms with Crippen molar-refractivity contribution in [1.29, 1.82) is 0 Å². The van der Waals surface area contributed by atoms with E-state index in [-0.39, 0.29) is 0 Å². The van der Waals surface area contributed by atoms with Crippen LogP contribution in [0.25, 0.3) is 0 Å². The average molecular weight is 280 g/mol. The van der Waals surface area contributed by atoms with Crippen molar-refractivity contribution in [2.24, 2.45) is 5.92 Å². The standard InChI is InChI=1S/C14H20N2O2S/c1-2-19(17,18)15-10-14-8-9-16(12-14)11-13-6-4-3-5-7-13/h2-7,14-15H,1,8-12H2/t14-/m1/s1. The maximum Gasteiger partial charge on any atom is 0.233 e. The lowest BCUT2D eigenvalue weighted by molar-refractivity contribution is 0.316. The van der Waals surface area contributed by atoms with Crippen molar-refractivity contribution in [3.63, 3.8) is 0 Å². The van der Waals surface area contributed by atoms with Gasteiger partial charge in [-0.15, -0.1) is 0 Å². The second-order valence-corrected chi connectivity index (χ2v) is 6.65. The van der Waals surface area contributed by atoms with Gasteiger partial charge in [-0.1, -0.05) is 36.9 Å². The Hall–Kier alpha value is -1.17. The Labute approximate surface area is 115 Å². The van der Waals surface area contributed by atoms with Crippen LogP contribution in [0.3, 0.4) is 0 Å². The summed E-state index contributed by atoms with van der Waals surface area (Å²) in [5.41, 5.74) is 1.30. The number of likely N-dealkylation sites (tertiary alicyclic amines) is 1. The van der Waals surface area contributed by atoms with Crippen LogP contribution in [0.1, 0.15) is 12.0 Å². The molecule has 104 valence electrons. The lowest BCUT2D eigenvalue weighted by Gasteiger charge is -2.16. The molecule has 1 saturated heterocycles. The summed E-state index contributed by atoms with van der Waals surface area (Å²) in [7, 11) is -3.29. The highest BCUT2D eigenvalue weighted by Crippen LogP contribution is 2.18. The Morgan fingerprint density at radius 3 is 2.79 bits per heavy atom. The van der Waals surface area contributed by atoms with Crippen molar-refractivity contribution in [2.75, 3.05) is 19.6 Å². The van der Waals surface area contributed by atoms with Gasteiger partial charge in [0.25, 0.3) is 0 Å². The first kappa shape index (κ1) is 14.2. The quantitative estimate of drug-likeness (QED) is 0.860. The van der Waals surface area contributed by atoms with E-state index in [2.05, 4.69) is 28.3 Å². The van der Waals surface area contributed by atoms with Gasteiger partial charge >= 0.3 is 0 Å². The van der Waals surface area contributed by atoms with Gasteiger partial charge in [-0.25, -0.2) is 13.1 Å². The number of hydrogen-bond acceptors (Lipinski definition) is 3. The first-order valence-electron chi connectivity index (χ1n) is 6.47. The molecule has 0 bridgehead atoms. The molecule has 0 spiro atoms. The van der Waals surface area contributed by atoms with Crippen molar-refractivity contribution in [3.05, 3.63) is 47.9 Å². The Kier molecular flexibility index (Phi) is 4.74. The highest BCUT2D eigenvalue weighted by Gasteiger charge is 2.23. The zero-order valence-electron chi connectivity index (χ0n) is 11.0. The molecule has 0 saturated carbocycles. The summed E-state index contributed by atoms with van der Waals surface area (Å²) >= 11 is 0. The van der Waals surface area contributed by atoms with Crippen LogP contribution in [0.15, 0.2) is 42.3 Å². The zero-order valence-corrected chi connectivity index (χ0v) is 11.8. The summed E-state index contributed by atoms with van der Waals surface area (Å²) in [4.78, 5) is 2.36. The van der Waals surface area contributed by atoms with Crippen LogP contribution in [0.5, 0.6) is 0 Å². The molecule has 1 aromatic carbocycles. The van der Waals surface area contributed by atoms with Crippen LogP contribution in [0.4, 0.5) is 0 Å². The number of nitrogens with one attached hydrogen (secondary N) is 1. The largest absolute Gasteiger partial charge is 0.299 e. The molecule has 1 N–H and O–H groups in total. The molecule has 1 heterocycles. The Morgan fingerprint density at radius 2 is 2.11 bits per heavy atom. The van der Waals surface area contributed by atoms with Crippen LogP contribution < -0.4 is 4.72 Å². The highest BCUT2D eigenvalue weighted by atomic mass is 32.2. The monoisotopic (exact) mass is 280 g/mol. The third-order valence-corrected chi connectivity index (χ3v) is 4.42. The molecule has 4 nitrogen and oxygen atoms in total. The maximum absolute atomic E-state index is 11.3. The van der Waals surface area contributed by atoms with Crippen LogP contribution in [-0.2, 0) is 16.6 Å². The second-order valence-electron chi connectivity index (χ2n) is 4.94. The van der Waals surface area contributed by atoms with E-state index in [1.807, 2.05) is 18.2 Å². The van der Waals surface area contributed by atoms with E-state index in [4.69, 9.17) is 0 Å². The molecule has 0 amide bonds. The summed E-state index contributed by atoms with van der Waals surface area (Å²) in [6.07, 6.45) is 1.03. The van der Waals surface area contributed by atoms with E-state index < -0.39 is 10.0 Å². The molecule has 1 aliphatic rings. The minimum absolute atomic E-state index is 0.387. The van der Waals surface area contributed by atoms with E-state index >= 15 is 0 Å². The summed E-state index contributed by atoms with van der Waals surface area (Å²) in [5.74, 6) is 0.387. The number of nitrogens with zero attached hydrogens (tertiary/aromatic N) is 1. The predicted molar refractivity (Wildman–Crippen MR) is 76.9 cm³/mol. The normalized spacial score (nSPS) is 20.5. The third-order valence-electron chi connectivity index (χ3n) is 3.41. The summed E-state index contributed by atoms with van der Waals surface area (Å²) in [6.45, 7) is 6.69. The lowest BCUT2D eigenvalue weighted by atomic mass is 10.1. The van der Waals surface area contributed by atoms with Gasteiger partial charge in [-0.05, 0) is 24.4 Å². The van der Waals surface area contributed by atoms with E-state index in [1.54, 1.807) is 0 Å². The number of hydrogen-bond donors (Lipinski definition) is 1. The van der Waals surface area contributed by atoms with Gasteiger partial charge in [-0.3, -0.25) is 4.90 Å². The van der Waals surface area contributed by atoms with Crippen molar-refractivity contribution in [3.8, 4) is 0 Å². The van der Waals surface area contributed by atoms with Gasteiger partial charge in [0.1, 0.15) is 0 Å². The van der Waals surface area contributed by atoms with E-state index in [0.29, 0.717) is 12.5 Å². The Morgan fingerprint density at radius 1 is 1.37 bits per heavy atom. The zero-order chi connectivity index (χ0) is 13.7. The van der Waals surface area contributed by atoms with Crippen molar-refractivity contribution in [2.45, 2.75) is 13.0 Å². The fourth-order valence-electron chi connectivity index (χ4n) is 2.36. The van der Waals surface area contributed by atoms with Gasteiger partial charge in [-0.2, -0.15) is 0 Å². The summed E-state index contributed by atoms with van der Waals surface area (Å²) < 4.78 is 25.1. The van der Waals surface area contributed by atoms with Gasteiger partial charge in [0.15, 0.2) is 0 Å². The first-order chi connectivity index (χ1) is 9.09. The third kappa shape index (κ3) is 4.45. The van der Waals surface area contributed by atoms with Gasteiger partial charge < -0.3 is 0 Å². The van der Waals surface area contributed by atoms with E-state index in [9.17, 15) is 8.42 Å². The van der Waals surface area contributed by atoms with Crippen molar-refractivity contribution < 1.29 is 8.42 Å². The SMILES string of the molecule is C=CS(=O)(=O)NC[C@H]1CCN(Cc2ccccc2)C1. The van der Waals surface area contributed by atoms with Crippen LogP contribution in [0.2, 0.25) is 0 Å². The fourth-order valence-corrected chi connectivity index (χ4v) is 2.94. The first-order valence-corrected chi connectivity index (χ1v) is 8.02. The Bertz CT molecular complexity index is 514. The number of rotatable bonds is 6. The lowest BCUT2D eigenvalue weighted by Crippen LogP contribution is -2.29. The molecule has 0 radical (unpaired) electrons. The van der Waals surface area contributed by atoms with Crippen molar-refractivity contribution in [1.82, 2.24) is 9.62 Å². The van der Waals surface area contributed by atoms with E-state index in [1.165, 1.54) is 5.56 Å². The molecule has 1 aliphatic heterocycles. The molecule has 0 unspecified atom stereocenters. The van der Waals surface area contributed by atoms with Crippen LogP contribution >= 0.6 is 0 Å². The van der Waals surface area contributed by atoms with Gasteiger partial charge in [0, 0.05) is 25.0 Å². The molecule has 1 aromatic rings. The van der Waals surface area contributed by atoms with Crippen LogP contribution in [0, 0.1) is 5.92 Å². The molecule has 0 aliphatic carbocycles. The van der Waals surface area contributed by atoms with E-state index in [0.717, 1.165) is 31.5 Å². The molecule has 2 rings (SSSR count). The van der Waals surface area contributed by atoms with Crippen molar-refractivity contribution >= 4 is 10.0 Å². The molecular formula is C14H20N2O2S. The number of benzene rings is 1. The molecule has 5 heteroatoms. The molecule has 19 heavy (non-hydrogen) atoms. The molecule has 0 aromatic heterocycles. The maximum atomic E-state index is 11.3. The topological polar surface area (TPSA) is 49.4 Å². The molecule has 1 atom stereocenters. The average Bonchev–Trinajstić information content (AvgIpc) is 2.86. The smallest absolute Gasteiger partial charge is 0.233 e. The molecule has 1 fully saturated rings. The Balaban J connectivity index is 1.79. The van der Waals surface area contributed by atoms with Crippen LogP contribution in [-0.4, -0.2) is 33.0 Å². The fraction of sp³-hybridized carbons (Fsp3) is 0.429. The minimum Gasteiger partial charge on any atom is -0.299 e. The molecular weight excluding hydrogens is 260 g/mol. The number of sulfonamides is 1. The summed E-state index contributed by atoms with van der Waals surface area (Å²) in [6, 6.07) is 10.3.